The van der Waals surface area contributed by atoms with Crippen molar-refractivity contribution in [2.24, 2.45) is 0 Å². The Balaban J connectivity index is 1.83. The minimum absolute atomic E-state index is 0.0818. The molecular formula is C17H21NO2S. The number of ether oxygens (including phenoxy) is 1. The second-order valence-electron chi connectivity index (χ2n) is 5.44. The zero-order chi connectivity index (χ0) is 14.7. The van der Waals surface area contributed by atoms with Crippen LogP contribution in [0.25, 0.3) is 0 Å². The number of fused-ring (bicyclic) bond motifs is 1. The molecule has 112 valence electrons. The van der Waals surface area contributed by atoms with Gasteiger partial charge in [-0.15, -0.1) is 11.8 Å². The van der Waals surface area contributed by atoms with Gasteiger partial charge in [-0.05, 0) is 30.2 Å². The van der Waals surface area contributed by atoms with Crippen molar-refractivity contribution in [1.29, 1.82) is 0 Å². The second-order valence-corrected chi connectivity index (χ2v) is 6.92. The summed E-state index contributed by atoms with van der Waals surface area (Å²) in [4.78, 5) is 1.38. The first-order valence-electron chi connectivity index (χ1n) is 7.32. The molecule has 4 heteroatoms. The predicted molar refractivity (Wildman–Crippen MR) is 85.6 cm³/mol. The minimum Gasteiger partial charge on any atom is -0.468 e. The maximum absolute atomic E-state index is 5.56. The SMILES string of the molecule is COC[C@H](N[C@@H]1C[C@@H](C)Sc2ccccc21)c1ccco1. The topological polar surface area (TPSA) is 34.4 Å². The molecule has 21 heavy (non-hydrogen) atoms. The molecule has 0 unspecified atom stereocenters. The quantitative estimate of drug-likeness (QED) is 0.898. The predicted octanol–water partition coefficient (Wildman–Crippen LogP) is 4.18. The summed E-state index contributed by atoms with van der Waals surface area (Å²) >= 11 is 1.96. The summed E-state index contributed by atoms with van der Waals surface area (Å²) in [6, 6.07) is 13.0. The van der Waals surface area contributed by atoms with E-state index in [0.29, 0.717) is 17.9 Å². The highest BCUT2D eigenvalue weighted by atomic mass is 32.2. The van der Waals surface area contributed by atoms with Crippen molar-refractivity contribution < 1.29 is 9.15 Å². The largest absolute Gasteiger partial charge is 0.468 e. The lowest BCUT2D eigenvalue weighted by Gasteiger charge is -2.32. The molecule has 1 aromatic heterocycles. The van der Waals surface area contributed by atoms with Crippen molar-refractivity contribution in [1.82, 2.24) is 5.32 Å². The molecule has 1 aliphatic heterocycles. The van der Waals surface area contributed by atoms with Crippen LogP contribution in [0.1, 0.15) is 36.8 Å². The Kier molecular flexibility index (Phi) is 4.68. The van der Waals surface area contributed by atoms with E-state index < -0.39 is 0 Å². The molecule has 2 aromatic rings. The van der Waals surface area contributed by atoms with Gasteiger partial charge in [0.15, 0.2) is 0 Å². The Labute approximate surface area is 130 Å². The summed E-state index contributed by atoms with van der Waals surface area (Å²) in [5, 5.41) is 4.32. The number of hydrogen-bond donors (Lipinski definition) is 1. The number of methoxy groups -OCH3 is 1. The highest BCUT2D eigenvalue weighted by Gasteiger charge is 2.28. The summed E-state index contributed by atoms with van der Waals surface area (Å²) in [5.41, 5.74) is 1.38. The lowest BCUT2D eigenvalue weighted by Crippen LogP contribution is -2.32. The maximum Gasteiger partial charge on any atom is 0.123 e. The normalized spacial score (nSPS) is 22.8. The summed E-state index contributed by atoms with van der Waals surface area (Å²) in [5.74, 6) is 0.931. The second kappa shape index (κ2) is 6.69. The van der Waals surface area contributed by atoms with E-state index in [2.05, 4.69) is 36.5 Å². The molecule has 3 nitrogen and oxygen atoms in total. The fourth-order valence-corrected chi connectivity index (χ4v) is 4.09. The summed E-state index contributed by atoms with van der Waals surface area (Å²) in [6.07, 6.45) is 2.83. The molecule has 0 spiro atoms. The first-order chi connectivity index (χ1) is 10.3. The van der Waals surface area contributed by atoms with Gasteiger partial charge in [0.2, 0.25) is 0 Å². The van der Waals surface area contributed by atoms with Crippen LogP contribution in [0.2, 0.25) is 0 Å². The monoisotopic (exact) mass is 303 g/mol. The summed E-state index contributed by atoms with van der Waals surface area (Å²) in [6.45, 7) is 2.89. The Morgan fingerprint density at radius 3 is 2.95 bits per heavy atom. The standard InChI is InChI=1S/C17H21NO2S/c1-12-10-14(13-6-3-4-8-17(13)21-12)18-15(11-19-2)16-7-5-9-20-16/h3-9,12,14-15,18H,10-11H2,1-2H3/t12-,14-,15+/m1/s1. The average Bonchev–Trinajstić information content (AvgIpc) is 3.00. The van der Waals surface area contributed by atoms with Crippen LogP contribution in [-0.4, -0.2) is 19.0 Å². The van der Waals surface area contributed by atoms with Gasteiger partial charge in [-0.25, -0.2) is 0 Å². The number of thioether (sulfide) groups is 1. The number of nitrogens with one attached hydrogen (secondary N) is 1. The van der Waals surface area contributed by atoms with Crippen LogP contribution in [0.5, 0.6) is 0 Å². The van der Waals surface area contributed by atoms with Crippen molar-refractivity contribution in [3.05, 3.63) is 54.0 Å². The highest BCUT2D eigenvalue weighted by Crippen LogP contribution is 2.41. The fraction of sp³-hybridized carbons (Fsp3) is 0.412. The zero-order valence-electron chi connectivity index (χ0n) is 12.4. The molecule has 0 fully saturated rings. The van der Waals surface area contributed by atoms with E-state index in [0.717, 1.165) is 12.2 Å². The van der Waals surface area contributed by atoms with Crippen molar-refractivity contribution in [2.75, 3.05) is 13.7 Å². The Morgan fingerprint density at radius 2 is 2.19 bits per heavy atom. The van der Waals surface area contributed by atoms with Crippen LogP contribution in [0.3, 0.4) is 0 Å². The van der Waals surface area contributed by atoms with Crippen LogP contribution in [0.4, 0.5) is 0 Å². The molecule has 0 aliphatic carbocycles. The first-order valence-corrected chi connectivity index (χ1v) is 8.20. The van der Waals surface area contributed by atoms with Crippen molar-refractivity contribution in [3.63, 3.8) is 0 Å². The van der Waals surface area contributed by atoms with Gasteiger partial charge in [-0.1, -0.05) is 25.1 Å². The third-order valence-electron chi connectivity index (χ3n) is 3.81. The van der Waals surface area contributed by atoms with Crippen molar-refractivity contribution in [2.45, 2.75) is 35.6 Å². The van der Waals surface area contributed by atoms with E-state index in [1.54, 1.807) is 13.4 Å². The highest BCUT2D eigenvalue weighted by molar-refractivity contribution is 8.00. The molecule has 3 rings (SSSR count). The van der Waals surface area contributed by atoms with Gasteiger partial charge in [-0.2, -0.15) is 0 Å². The van der Waals surface area contributed by atoms with Crippen LogP contribution < -0.4 is 5.32 Å². The molecule has 1 aliphatic rings. The molecule has 2 heterocycles. The van der Waals surface area contributed by atoms with E-state index in [4.69, 9.17) is 9.15 Å². The number of hydrogen-bond acceptors (Lipinski definition) is 4. The van der Waals surface area contributed by atoms with Gasteiger partial charge in [0.25, 0.3) is 0 Å². The number of rotatable bonds is 5. The average molecular weight is 303 g/mol. The van der Waals surface area contributed by atoms with Crippen LogP contribution in [0, 0.1) is 0 Å². The summed E-state index contributed by atoms with van der Waals surface area (Å²) < 4.78 is 10.9. The van der Waals surface area contributed by atoms with E-state index in [-0.39, 0.29) is 6.04 Å². The van der Waals surface area contributed by atoms with Gasteiger partial charge >= 0.3 is 0 Å². The van der Waals surface area contributed by atoms with Crippen LogP contribution in [0.15, 0.2) is 52.0 Å². The van der Waals surface area contributed by atoms with Gasteiger partial charge < -0.3 is 9.15 Å². The first kappa shape index (κ1) is 14.7. The lowest BCUT2D eigenvalue weighted by atomic mass is 10.00. The van der Waals surface area contributed by atoms with Crippen molar-refractivity contribution in [3.8, 4) is 0 Å². The molecule has 0 bridgehead atoms. The van der Waals surface area contributed by atoms with E-state index >= 15 is 0 Å². The minimum atomic E-state index is 0.0818. The van der Waals surface area contributed by atoms with Gasteiger partial charge in [-0.3, -0.25) is 5.32 Å². The molecule has 1 N–H and O–H groups in total. The molecular weight excluding hydrogens is 282 g/mol. The van der Waals surface area contributed by atoms with Crippen LogP contribution >= 0.6 is 11.8 Å². The van der Waals surface area contributed by atoms with E-state index in [9.17, 15) is 0 Å². The maximum atomic E-state index is 5.56. The molecule has 0 saturated heterocycles. The molecule has 3 atom stereocenters. The van der Waals surface area contributed by atoms with Crippen LogP contribution in [-0.2, 0) is 4.74 Å². The number of furan rings is 1. The van der Waals surface area contributed by atoms with Gasteiger partial charge in [0, 0.05) is 23.3 Å². The Bertz CT molecular complexity index is 570. The third kappa shape index (κ3) is 3.34. The van der Waals surface area contributed by atoms with Gasteiger partial charge in [0.05, 0.1) is 18.9 Å². The smallest absolute Gasteiger partial charge is 0.123 e. The molecule has 0 saturated carbocycles. The lowest BCUT2D eigenvalue weighted by molar-refractivity contribution is 0.149. The molecule has 0 radical (unpaired) electrons. The zero-order valence-corrected chi connectivity index (χ0v) is 13.2. The Hall–Kier alpha value is -1.23. The molecule has 0 amide bonds. The van der Waals surface area contributed by atoms with Crippen molar-refractivity contribution >= 4 is 11.8 Å². The fourth-order valence-electron chi connectivity index (χ4n) is 2.87. The van der Waals surface area contributed by atoms with E-state index in [1.165, 1.54) is 10.5 Å². The molecule has 1 aromatic carbocycles. The van der Waals surface area contributed by atoms with E-state index in [1.807, 2.05) is 23.9 Å². The number of benzene rings is 1. The third-order valence-corrected chi connectivity index (χ3v) is 5.03. The van der Waals surface area contributed by atoms with Gasteiger partial charge in [0.1, 0.15) is 5.76 Å². The Morgan fingerprint density at radius 1 is 1.33 bits per heavy atom. The summed E-state index contributed by atoms with van der Waals surface area (Å²) in [7, 11) is 1.73.